The number of nitrogens with two attached hydrogens (primary N) is 1. The predicted molar refractivity (Wildman–Crippen MR) is 83.8 cm³/mol. The van der Waals surface area contributed by atoms with E-state index in [0.717, 1.165) is 25.7 Å². The first-order valence-corrected chi connectivity index (χ1v) is 7.95. The molecule has 5 nitrogen and oxygen atoms in total. The van der Waals surface area contributed by atoms with Crippen molar-refractivity contribution in [3.63, 3.8) is 0 Å². The van der Waals surface area contributed by atoms with E-state index in [4.69, 9.17) is 22.1 Å². The molecule has 6 heteroatoms. The second-order valence-corrected chi connectivity index (χ2v) is 6.96. The minimum atomic E-state index is -0.549. The topological polar surface area (TPSA) is 84.6 Å². The van der Waals surface area contributed by atoms with Crippen molar-refractivity contribution in [1.82, 2.24) is 5.32 Å². The zero-order chi connectivity index (χ0) is 15.8. The van der Waals surface area contributed by atoms with Gasteiger partial charge >= 0.3 is 0 Å². The van der Waals surface area contributed by atoms with E-state index in [2.05, 4.69) is 5.32 Å². The number of rotatable bonds is 4. The summed E-state index contributed by atoms with van der Waals surface area (Å²) in [7, 11) is 0. The van der Waals surface area contributed by atoms with Gasteiger partial charge in [0.2, 0.25) is 0 Å². The highest BCUT2D eigenvalue weighted by Gasteiger charge is 2.52. The molecule has 0 saturated heterocycles. The van der Waals surface area contributed by atoms with Crippen molar-refractivity contribution < 1.29 is 14.6 Å². The zero-order valence-corrected chi connectivity index (χ0v) is 13.1. The molecular formula is C16H21ClN2O3. The van der Waals surface area contributed by atoms with Gasteiger partial charge in [0.05, 0.1) is 6.10 Å². The summed E-state index contributed by atoms with van der Waals surface area (Å²) in [6.45, 7) is -0.0484. The molecule has 0 heterocycles. The van der Waals surface area contributed by atoms with Crippen molar-refractivity contribution in [2.75, 3.05) is 6.61 Å². The van der Waals surface area contributed by atoms with E-state index >= 15 is 0 Å². The fourth-order valence-corrected chi connectivity index (χ4v) is 3.62. The summed E-state index contributed by atoms with van der Waals surface area (Å²) in [5, 5.41) is 13.8. The third-order valence-electron chi connectivity index (χ3n) is 4.97. The smallest absolute Gasteiger partial charge is 0.258 e. The molecule has 4 N–H and O–H groups in total. The van der Waals surface area contributed by atoms with Crippen molar-refractivity contribution in [2.45, 2.75) is 49.3 Å². The largest absolute Gasteiger partial charge is 0.484 e. The Morgan fingerprint density at radius 2 is 1.95 bits per heavy atom. The number of carbonyl (C=O) groups is 1. The molecule has 0 aliphatic heterocycles. The molecule has 1 aromatic carbocycles. The van der Waals surface area contributed by atoms with Gasteiger partial charge in [-0.2, -0.15) is 0 Å². The summed E-state index contributed by atoms with van der Waals surface area (Å²) >= 11 is 5.80. The molecule has 1 unspecified atom stereocenters. The third-order valence-corrected chi connectivity index (χ3v) is 5.23. The monoisotopic (exact) mass is 324 g/mol. The average molecular weight is 325 g/mol. The van der Waals surface area contributed by atoms with E-state index < -0.39 is 11.6 Å². The Labute approximate surface area is 134 Å². The van der Waals surface area contributed by atoms with Crippen LogP contribution in [0.5, 0.6) is 5.75 Å². The van der Waals surface area contributed by atoms with Crippen molar-refractivity contribution in [1.29, 1.82) is 0 Å². The van der Waals surface area contributed by atoms with Crippen molar-refractivity contribution >= 4 is 17.5 Å². The molecular weight excluding hydrogens is 304 g/mol. The first-order valence-electron chi connectivity index (χ1n) is 7.57. The fraction of sp³-hybridized carbons (Fsp3) is 0.562. The van der Waals surface area contributed by atoms with Gasteiger partial charge in [-0.1, -0.05) is 11.6 Å². The van der Waals surface area contributed by atoms with E-state index in [1.807, 2.05) is 0 Å². The SMILES string of the molecule is NC12CCC(NC(=O)COc3ccc(Cl)cc3)(CC1)CC2O. The van der Waals surface area contributed by atoms with E-state index in [9.17, 15) is 9.90 Å². The maximum atomic E-state index is 12.1. The highest BCUT2D eigenvalue weighted by Crippen LogP contribution is 2.45. The molecule has 3 saturated carbocycles. The van der Waals surface area contributed by atoms with Crippen LogP contribution in [0.1, 0.15) is 32.1 Å². The van der Waals surface area contributed by atoms with E-state index in [1.165, 1.54) is 0 Å². The maximum absolute atomic E-state index is 12.1. The number of amides is 1. The van der Waals surface area contributed by atoms with Crippen molar-refractivity contribution in [3.8, 4) is 5.75 Å². The third kappa shape index (κ3) is 3.07. The Balaban J connectivity index is 1.55. The Morgan fingerprint density at radius 3 is 2.55 bits per heavy atom. The number of carbonyl (C=O) groups excluding carboxylic acids is 1. The Morgan fingerprint density at radius 1 is 1.32 bits per heavy atom. The van der Waals surface area contributed by atoms with Crippen LogP contribution in [0.25, 0.3) is 0 Å². The summed E-state index contributed by atoms with van der Waals surface area (Å²) in [4.78, 5) is 12.1. The Bertz CT molecular complexity index is 553. The van der Waals surface area contributed by atoms with Gasteiger partial charge in [0.1, 0.15) is 5.75 Å². The zero-order valence-electron chi connectivity index (χ0n) is 12.3. The average Bonchev–Trinajstić information content (AvgIpc) is 2.49. The number of hydrogen-bond acceptors (Lipinski definition) is 4. The lowest BCUT2D eigenvalue weighted by molar-refractivity contribution is -0.128. The fourth-order valence-electron chi connectivity index (χ4n) is 3.49. The summed E-state index contributed by atoms with van der Waals surface area (Å²) in [5.41, 5.74) is 5.38. The molecule has 1 amide bonds. The minimum Gasteiger partial charge on any atom is -0.484 e. The molecule has 0 aromatic heterocycles. The van der Waals surface area contributed by atoms with Crippen molar-refractivity contribution in [3.05, 3.63) is 29.3 Å². The molecule has 1 atom stereocenters. The van der Waals surface area contributed by atoms with Crippen LogP contribution in [-0.4, -0.2) is 34.8 Å². The highest BCUT2D eigenvalue weighted by atomic mass is 35.5. The number of ether oxygens (including phenoxy) is 1. The van der Waals surface area contributed by atoms with Gasteiger partial charge in [-0.25, -0.2) is 0 Å². The van der Waals surface area contributed by atoms with E-state index in [0.29, 0.717) is 17.2 Å². The van der Waals surface area contributed by atoms with Crippen LogP contribution in [0.2, 0.25) is 5.02 Å². The molecule has 0 spiro atoms. The number of fused-ring (bicyclic) bond motifs is 3. The van der Waals surface area contributed by atoms with Crippen LogP contribution in [-0.2, 0) is 4.79 Å². The lowest BCUT2D eigenvalue weighted by Gasteiger charge is -2.54. The standard InChI is InChI=1S/C16H21ClN2O3/c17-11-1-3-12(4-2-11)22-10-14(21)19-15-5-7-16(18,8-6-15)13(20)9-15/h1-4,13,20H,5-10,18H2,(H,19,21). The highest BCUT2D eigenvalue weighted by molar-refractivity contribution is 6.30. The molecule has 3 fully saturated rings. The first kappa shape index (κ1) is 15.6. The van der Waals surface area contributed by atoms with Crippen LogP contribution in [0, 0.1) is 0 Å². The van der Waals surface area contributed by atoms with Crippen LogP contribution < -0.4 is 15.8 Å². The van der Waals surface area contributed by atoms with E-state index in [-0.39, 0.29) is 18.1 Å². The Kier molecular flexibility index (Phi) is 4.05. The number of aliphatic hydroxyl groups excluding tert-OH is 1. The van der Waals surface area contributed by atoms with Crippen molar-refractivity contribution in [2.24, 2.45) is 5.73 Å². The van der Waals surface area contributed by atoms with E-state index in [1.54, 1.807) is 24.3 Å². The molecule has 3 aliphatic carbocycles. The predicted octanol–water partition coefficient (Wildman–Crippen LogP) is 1.61. The van der Waals surface area contributed by atoms with Crippen LogP contribution in [0.15, 0.2) is 24.3 Å². The van der Waals surface area contributed by atoms with Gasteiger partial charge in [-0.15, -0.1) is 0 Å². The van der Waals surface area contributed by atoms with Gasteiger partial charge in [-0.05, 0) is 56.4 Å². The molecule has 2 bridgehead atoms. The number of hydrogen-bond donors (Lipinski definition) is 3. The van der Waals surface area contributed by atoms with Gasteiger partial charge < -0.3 is 20.9 Å². The Hall–Kier alpha value is -1.30. The quantitative estimate of drug-likeness (QED) is 0.785. The van der Waals surface area contributed by atoms with Crippen LogP contribution >= 0.6 is 11.6 Å². The summed E-state index contributed by atoms with van der Waals surface area (Å²) in [5.74, 6) is 0.430. The van der Waals surface area contributed by atoms with Gasteiger partial charge in [0.25, 0.3) is 5.91 Å². The molecule has 22 heavy (non-hydrogen) atoms. The van der Waals surface area contributed by atoms with Crippen LogP contribution in [0.4, 0.5) is 0 Å². The summed E-state index contributed by atoms with van der Waals surface area (Å²) < 4.78 is 5.46. The number of halogens is 1. The first-order chi connectivity index (χ1) is 10.4. The van der Waals surface area contributed by atoms with Gasteiger partial charge in [0.15, 0.2) is 6.61 Å². The number of aliphatic hydroxyl groups is 1. The molecule has 4 rings (SSSR count). The summed E-state index contributed by atoms with van der Waals surface area (Å²) in [6.07, 6.45) is 3.09. The second kappa shape index (κ2) is 5.72. The lowest BCUT2D eigenvalue weighted by Crippen LogP contribution is -2.68. The minimum absolute atomic E-state index is 0.0484. The maximum Gasteiger partial charge on any atom is 0.258 e. The second-order valence-electron chi connectivity index (χ2n) is 6.52. The molecule has 0 radical (unpaired) electrons. The molecule has 3 aliphatic rings. The summed E-state index contributed by atoms with van der Waals surface area (Å²) in [6, 6.07) is 6.88. The normalized spacial score (nSPS) is 33.5. The number of nitrogens with one attached hydrogen (secondary N) is 1. The van der Waals surface area contributed by atoms with Gasteiger partial charge in [0, 0.05) is 16.1 Å². The lowest BCUT2D eigenvalue weighted by atomic mass is 9.60. The van der Waals surface area contributed by atoms with Crippen LogP contribution in [0.3, 0.4) is 0 Å². The molecule has 120 valence electrons. The number of benzene rings is 1. The van der Waals surface area contributed by atoms with Gasteiger partial charge in [-0.3, -0.25) is 4.79 Å². The molecule has 1 aromatic rings.